The van der Waals surface area contributed by atoms with Crippen molar-refractivity contribution in [3.8, 4) is 5.75 Å². The third-order valence-electron chi connectivity index (χ3n) is 3.41. The number of benzene rings is 2. The fourth-order valence-electron chi connectivity index (χ4n) is 2.45. The van der Waals surface area contributed by atoms with Gasteiger partial charge in [0.15, 0.2) is 0 Å². The topological polar surface area (TPSA) is 35.2 Å². The summed E-state index contributed by atoms with van der Waals surface area (Å²) in [5, 5.41) is 0. The summed E-state index contributed by atoms with van der Waals surface area (Å²) < 4.78 is 33.3. The average molecular weight is 340 g/mol. The van der Waals surface area contributed by atoms with Crippen LogP contribution in [0.15, 0.2) is 34.8 Å². The predicted molar refractivity (Wildman–Crippen MR) is 75.7 cm³/mol. The van der Waals surface area contributed by atoms with E-state index in [-0.39, 0.29) is 5.56 Å². The van der Waals surface area contributed by atoms with Gasteiger partial charge in [-0.2, -0.15) is 0 Å². The first-order chi connectivity index (χ1) is 9.56. The van der Waals surface area contributed by atoms with E-state index in [9.17, 15) is 8.78 Å². The molecule has 1 aliphatic heterocycles. The molecule has 20 heavy (non-hydrogen) atoms. The van der Waals surface area contributed by atoms with Gasteiger partial charge >= 0.3 is 0 Å². The van der Waals surface area contributed by atoms with Crippen LogP contribution >= 0.6 is 15.9 Å². The van der Waals surface area contributed by atoms with Crippen molar-refractivity contribution >= 4 is 15.9 Å². The number of hydrogen-bond donors (Lipinski definition) is 1. The molecule has 0 fully saturated rings. The monoisotopic (exact) mass is 339 g/mol. The van der Waals surface area contributed by atoms with Crippen LogP contribution < -0.4 is 10.5 Å². The lowest BCUT2D eigenvalue weighted by atomic mass is 9.96. The molecular weight excluding hydrogens is 328 g/mol. The predicted octanol–water partition coefficient (Wildman–Crippen LogP) is 3.71. The molecular formula is C15H12BrF2NO. The van der Waals surface area contributed by atoms with Crippen LogP contribution in [0.5, 0.6) is 5.75 Å². The van der Waals surface area contributed by atoms with Crippen LogP contribution in [0, 0.1) is 11.6 Å². The second-order valence-electron chi connectivity index (χ2n) is 4.73. The van der Waals surface area contributed by atoms with Gasteiger partial charge in [0.1, 0.15) is 17.4 Å². The maximum Gasteiger partial charge on any atom is 0.131 e. The van der Waals surface area contributed by atoms with Crippen LogP contribution in [0.2, 0.25) is 0 Å². The zero-order valence-electron chi connectivity index (χ0n) is 10.5. The van der Waals surface area contributed by atoms with Crippen molar-refractivity contribution in [1.29, 1.82) is 0 Å². The Morgan fingerprint density at radius 3 is 2.70 bits per heavy atom. The average Bonchev–Trinajstić information content (AvgIpc) is 2.85. The Morgan fingerprint density at radius 2 is 1.95 bits per heavy atom. The van der Waals surface area contributed by atoms with Crippen LogP contribution in [-0.4, -0.2) is 6.61 Å². The van der Waals surface area contributed by atoms with E-state index in [4.69, 9.17) is 10.5 Å². The van der Waals surface area contributed by atoms with Crippen LogP contribution in [0.25, 0.3) is 0 Å². The van der Waals surface area contributed by atoms with Crippen LogP contribution in [0.4, 0.5) is 8.78 Å². The summed E-state index contributed by atoms with van der Waals surface area (Å²) in [5.74, 6) is -0.553. The Labute approximate surface area is 123 Å². The summed E-state index contributed by atoms with van der Waals surface area (Å²) in [4.78, 5) is 0. The Bertz CT molecular complexity index is 675. The van der Waals surface area contributed by atoms with Crippen molar-refractivity contribution < 1.29 is 13.5 Å². The lowest BCUT2D eigenvalue weighted by molar-refractivity contribution is 0.352. The van der Waals surface area contributed by atoms with Gasteiger partial charge in [0.05, 0.1) is 12.6 Å². The van der Waals surface area contributed by atoms with Crippen molar-refractivity contribution in [2.75, 3.05) is 6.61 Å². The summed E-state index contributed by atoms with van der Waals surface area (Å²) >= 11 is 3.42. The Balaban J connectivity index is 2.09. The fourth-order valence-corrected chi connectivity index (χ4v) is 2.97. The molecule has 2 N–H and O–H groups in total. The first-order valence-corrected chi connectivity index (χ1v) is 7.01. The van der Waals surface area contributed by atoms with E-state index in [1.54, 1.807) is 0 Å². The summed E-state index contributed by atoms with van der Waals surface area (Å²) in [6, 6.07) is 6.51. The third-order valence-corrected chi connectivity index (χ3v) is 3.87. The lowest BCUT2D eigenvalue weighted by Gasteiger charge is -2.17. The summed E-state index contributed by atoms with van der Waals surface area (Å²) in [7, 11) is 0. The molecule has 1 atom stereocenters. The van der Waals surface area contributed by atoms with Gasteiger partial charge in [0.2, 0.25) is 0 Å². The number of fused-ring (bicyclic) bond motifs is 1. The van der Waals surface area contributed by atoms with Crippen molar-refractivity contribution in [2.45, 2.75) is 12.5 Å². The van der Waals surface area contributed by atoms with Crippen LogP contribution in [0.1, 0.15) is 22.7 Å². The summed E-state index contributed by atoms with van der Waals surface area (Å²) in [6.45, 7) is 0.595. The Hall–Kier alpha value is -1.46. The molecule has 1 aliphatic rings. The molecule has 1 unspecified atom stereocenters. The molecule has 0 aliphatic carbocycles. The third kappa shape index (κ3) is 2.31. The molecule has 0 saturated heterocycles. The Kier molecular flexibility index (Phi) is 3.48. The quantitative estimate of drug-likeness (QED) is 0.905. The normalized spacial score (nSPS) is 14.8. The molecule has 0 aromatic heterocycles. The first-order valence-electron chi connectivity index (χ1n) is 6.22. The molecule has 3 rings (SSSR count). The molecule has 5 heteroatoms. The standard InChI is InChI=1S/C15H12BrF2NO/c16-9-5-8-3-4-20-15(8)12(6-9)14(19)11-2-1-10(17)7-13(11)18/h1-2,5-7,14H,3-4,19H2. The van der Waals surface area contributed by atoms with E-state index in [1.165, 1.54) is 12.1 Å². The van der Waals surface area contributed by atoms with Crippen molar-refractivity contribution in [1.82, 2.24) is 0 Å². The minimum absolute atomic E-state index is 0.252. The van der Waals surface area contributed by atoms with E-state index in [2.05, 4.69) is 15.9 Å². The first kappa shape index (κ1) is 13.5. The van der Waals surface area contributed by atoms with Gasteiger partial charge < -0.3 is 10.5 Å². The fraction of sp³-hybridized carbons (Fsp3) is 0.200. The number of nitrogens with two attached hydrogens (primary N) is 1. The van der Waals surface area contributed by atoms with E-state index >= 15 is 0 Å². The molecule has 2 aromatic carbocycles. The van der Waals surface area contributed by atoms with Gasteiger partial charge in [0, 0.05) is 28.1 Å². The van der Waals surface area contributed by atoms with E-state index < -0.39 is 17.7 Å². The molecule has 0 radical (unpaired) electrons. The van der Waals surface area contributed by atoms with Gasteiger partial charge in [-0.3, -0.25) is 0 Å². The van der Waals surface area contributed by atoms with Crippen LogP contribution in [0.3, 0.4) is 0 Å². The summed E-state index contributed by atoms with van der Waals surface area (Å²) in [5.41, 5.74) is 8.15. The molecule has 0 saturated carbocycles. The minimum atomic E-state index is -0.694. The largest absolute Gasteiger partial charge is 0.493 e. The second-order valence-corrected chi connectivity index (χ2v) is 5.64. The smallest absolute Gasteiger partial charge is 0.131 e. The SMILES string of the molecule is NC(c1ccc(F)cc1F)c1cc(Br)cc2c1OCC2. The van der Waals surface area contributed by atoms with Crippen molar-refractivity contribution in [3.05, 3.63) is 63.1 Å². The Morgan fingerprint density at radius 1 is 1.15 bits per heavy atom. The highest BCUT2D eigenvalue weighted by atomic mass is 79.9. The lowest BCUT2D eigenvalue weighted by Crippen LogP contribution is -2.15. The van der Waals surface area contributed by atoms with Gasteiger partial charge in [-0.15, -0.1) is 0 Å². The highest BCUT2D eigenvalue weighted by Gasteiger charge is 2.24. The van der Waals surface area contributed by atoms with E-state index in [1.807, 2.05) is 12.1 Å². The maximum atomic E-state index is 13.9. The van der Waals surface area contributed by atoms with Crippen LogP contribution in [-0.2, 0) is 6.42 Å². The zero-order valence-corrected chi connectivity index (χ0v) is 12.1. The molecule has 2 nitrogen and oxygen atoms in total. The number of rotatable bonds is 2. The number of ether oxygens (including phenoxy) is 1. The van der Waals surface area contributed by atoms with E-state index in [0.29, 0.717) is 17.9 Å². The zero-order chi connectivity index (χ0) is 14.3. The van der Waals surface area contributed by atoms with Gasteiger partial charge in [0.25, 0.3) is 0 Å². The molecule has 104 valence electrons. The minimum Gasteiger partial charge on any atom is -0.493 e. The number of hydrogen-bond acceptors (Lipinski definition) is 2. The summed E-state index contributed by atoms with van der Waals surface area (Å²) in [6.07, 6.45) is 0.806. The highest BCUT2D eigenvalue weighted by molar-refractivity contribution is 9.10. The molecule has 0 bridgehead atoms. The molecule has 0 amide bonds. The molecule has 1 heterocycles. The van der Waals surface area contributed by atoms with Gasteiger partial charge in [-0.1, -0.05) is 22.0 Å². The van der Waals surface area contributed by atoms with Crippen molar-refractivity contribution in [2.24, 2.45) is 5.73 Å². The van der Waals surface area contributed by atoms with Gasteiger partial charge in [-0.25, -0.2) is 8.78 Å². The van der Waals surface area contributed by atoms with Crippen molar-refractivity contribution in [3.63, 3.8) is 0 Å². The molecule has 2 aromatic rings. The highest BCUT2D eigenvalue weighted by Crippen LogP contribution is 2.38. The molecule has 0 spiro atoms. The van der Waals surface area contributed by atoms with E-state index in [0.717, 1.165) is 22.5 Å². The number of halogens is 3. The second kappa shape index (κ2) is 5.14. The van der Waals surface area contributed by atoms with Gasteiger partial charge in [-0.05, 0) is 23.8 Å². The maximum absolute atomic E-state index is 13.9.